The van der Waals surface area contributed by atoms with E-state index in [0.717, 1.165) is 25.9 Å². The van der Waals surface area contributed by atoms with E-state index in [4.69, 9.17) is 0 Å². The summed E-state index contributed by atoms with van der Waals surface area (Å²) in [7, 11) is -1.98. The zero-order valence-electron chi connectivity index (χ0n) is 12.2. The summed E-state index contributed by atoms with van der Waals surface area (Å²) in [5.41, 5.74) is 0.508. The van der Waals surface area contributed by atoms with E-state index in [-0.39, 0.29) is 0 Å². The number of benzene rings is 1. The summed E-state index contributed by atoms with van der Waals surface area (Å²) < 4.78 is 29.9. The Morgan fingerprint density at radius 2 is 1.81 bits per heavy atom. The predicted octanol–water partition coefficient (Wildman–Crippen LogP) is 3.19. The molecule has 0 saturated heterocycles. The molecular weight excluding hydrogens is 422 g/mol. The summed E-state index contributed by atoms with van der Waals surface area (Å²) in [4.78, 5) is 0. The highest BCUT2D eigenvalue weighted by Gasteiger charge is 2.19. The zero-order chi connectivity index (χ0) is 15.9. The molecule has 0 spiro atoms. The molecular formula is C13H21Br2N3O2S. The topological polar surface area (TPSA) is 61.4 Å². The fourth-order valence-corrected chi connectivity index (χ4v) is 4.11. The Morgan fingerprint density at radius 3 is 2.38 bits per heavy atom. The largest absolute Gasteiger partial charge is 0.317 e. The van der Waals surface area contributed by atoms with Gasteiger partial charge in [0.05, 0.1) is 5.69 Å². The van der Waals surface area contributed by atoms with Gasteiger partial charge in [0.25, 0.3) is 0 Å². The molecule has 0 amide bonds. The minimum Gasteiger partial charge on any atom is -0.317 e. The van der Waals surface area contributed by atoms with Crippen LogP contribution in [0.15, 0.2) is 27.1 Å². The Labute approximate surface area is 143 Å². The van der Waals surface area contributed by atoms with Gasteiger partial charge in [-0.05, 0) is 69.9 Å². The fraction of sp³-hybridized carbons (Fsp3) is 0.538. The Morgan fingerprint density at radius 1 is 1.19 bits per heavy atom. The van der Waals surface area contributed by atoms with Crippen molar-refractivity contribution in [3.8, 4) is 0 Å². The summed E-state index contributed by atoms with van der Waals surface area (Å²) in [5, 5.41) is 3.25. The lowest BCUT2D eigenvalue weighted by Gasteiger charge is -2.19. The van der Waals surface area contributed by atoms with Crippen LogP contribution < -0.4 is 10.0 Å². The molecule has 0 heterocycles. The maximum absolute atomic E-state index is 12.3. The van der Waals surface area contributed by atoms with Gasteiger partial charge in [-0.25, -0.2) is 0 Å². The molecule has 0 fully saturated rings. The lowest BCUT2D eigenvalue weighted by Crippen LogP contribution is -2.34. The predicted molar refractivity (Wildman–Crippen MR) is 94.8 cm³/mol. The number of hydrogen-bond acceptors (Lipinski definition) is 3. The first-order valence-electron chi connectivity index (χ1n) is 6.77. The van der Waals surface area contributed by atoms with Gasteiger partial charge < -0.3 is 5.32 Å². The van der Waals surface area contributed by atoms with Crippen LogP contribution in [-0.2, 0) is 10.2 Å². The van der Waals surface area contributed by atoms with Crippen LogP contribution in [0.1, 0.15) is 19.8 Å². The van der Waals surface area contributed by atoms with Crippen molar-refractivity contribution in [1.29, 1.82) is 0 Å². The Kier molecular flexibility index (Phi) is 8.18. The molecule has 1 aromatic carbocycles. The monoisotopic (exact) mass is 441 g/mol. The molecule has 0 aromatic heterocycles. The number of halogens is 2. The van der Waals surface area contributed by atoms with Crippen molar-refractivity contribution in [3.05, 3.63) is 27.1 Å². The third-order valence-electron chi connectivity index (χ3n) is 2.86. The number of hydrogen-bond donors (Lipinski definition) is 2. The van der Waals surface area contributed by atoms with Crippen molar-refractivity contribution in [3.63, 3.8) is 0 Å². The molecule has 5 nitrogen and oxygen atoms in total. The number of nitrogens with zero attached hydrogens (tertiary/aromatic N) is 1. The van der Waals surface area contributed by atoms with Crippen LogP contribution in [0.4, 0.5) is 5.69 Å². The van der Waals surface area contributed by atoms with Crippen LogP contribution in [0.2, 0.25) is 0 Å². The minimum absolute atomic E-state index is 0.466. The molecule has 21 heavy (non-hydrogen) atoms. The Balaban J connectivity index is 2.60. The van der Waals surface area contributed by atoms with Gasteiger partial charge in [-0.2, -0.15) is 12.7 Å². The van der Waals surface area contributed by atoms with Gasteiger partial charge in [-0.3, -0.25) is 4.72 Å². The van der Waals surface area contributed by atoms with Crippen LogP contribution in [0.3, 0.4) is 0 Å². The van der Waals surface area contributed by atoms with Gasteiger partial charge in [-0.1, -0.05) is 13.0 Å². The van der Waals surface area contributed by atoms with Gasteiger partial charge in [0.15, 0.2) is 0 Å². The Bertz CT molecular complexity index is 532. The van der Waals surface area contributed by atoms with E-state index in [1.807, 2.05) is 6.07 Å². The van der Waals surface area contributed by atoms with Crippen LogP contribution in [-0.4, -0.2) is 39.4 Å². The SMILES string of the molecule is CCCNCCCN(C)S(=O)(=O)Nc1c(Br)cccc1Br. The second kappa shape index (κ2) is 9.09. The molecule has 120 valence electrons. The first-order chi connectivity index (χ1) is 9.88. The van der Waals surface area contributed by atoms with Gasteiger partial charge >= 0.3 is 10.2 Å². The third-order valence-corrected chi connectivity index (χ3v) is 5.64. The summed E-state index contributed by atoms with van der Waals surface area (Å²) in [5.74, 6) is 0. The van der Waals surface area contributed by atoms with E-state index in [0.29, 0.717) is 21.2 Å². The summed E-state index contributed by atoms with van der Waals surface area (Å²) in [6, 6.07) is 5.41. The molecule has 0 atom stereocenters. The number of nitrogens with one attached hydrogen (secondary N) is 2. The number of rotatable bonds is 9. The van der Waals surface area contributed by atoms with E-state index >= 15 is 0 Å². The smallest absolute Gasteiger partial charge is 0.301 e. The van der Waals surface area contributed by atoms with Gasteiger partial charge in [0.1, 0.15) is 0 Å². The van der Waals surface area contributed by atoms with E-state index in [2.05, 4.69) is 48.8 Å². The van der Waals surface area contributed by atoms with E-state index in [1.54, 1.807) is 19.2 Å². The van der Waals surface area contributed by atoms with Gasteiger partial charge in [0.2, 0.25) is 0 Å². The van der Waals surface area contributed by atoms with Crippen molar-refractivity contribution < 1.29 is 8.42 Å². The van der Waals surface area contributed by atoms with Crippen LogP contribution in [0.5, 0.6) is 0 Å². The molecule has 0 radical (unpaired) electrons. The second-order valence-corrected chi connectivity index (χ2v) is 8.12. The molecule has 1 aromatic rings. The van der Waals surface area contributed by atoms with Crippen molar-refractivity contribution >= 4 is 47.8 Å². The molecule has 0 unspecified atom stereocenters. The zero-order valence-corrected chi connectivity index (χ0v) is 16.2. The van der Waals surface area contributed by atoms with Crippen LogP contribution >= 0.6 is 31.9 Å². The van der Waals surface area contributed by atoms with Crippen molar-refractivity contribution in [2.45, 2.75) is 19.8 Å². The van der Waals surface area contributed by atoms with Gasteiger partial charge in [-0.15, -0.1) is 0 Å². The standard InChI is InChI=1S/C13H21Br2N3O2S/c1-3-8-16-9-5-10-18(2)21(19,20)17-13-11(14)6-4-7-12(13)15/h4,6-7,16-17H,3,5,8-10H2,1-2H3. The second-order valence-electron chi connectivity index (χ2n) is 4.63. The van der Waals surface area contributed by atoms with Crippen molar-refractivity contribution in [2.24, 2.45) is 0 Å². The average Bonchev–Trinajstić information content (AvgIpc) is 2.42. The summed E-state index contributed by atoms with van der Waals surface area (Å²) in [6.45, 7) is 4.34. The molecule has 0 aliphatic rings. The molecule has 1 rings (SSSR count). The maximum atomic E-state index is 12.3. The molecule has 0 aliphatic heterocycles. The highest BCUT2D eigenvalue weighted by Crippen LogP contribution is 2.31. The van der Waals surface area contributed by atoms with E-state index in [1.165, 1.54) is 4.31 Å². The highest BCUT2D eigenvalue weighted by molar-refractivity contribution is 9.11. The quantitative estimate of drug-likeness (QED) is 0.577. The third kappa shape index (κ3) is 6.23. The van der Waals surface area contributed by atoms with E-state index in [9.17, 15) is 8.42 Å². The van der Waals surface area contributed by atoms with Crippen molar-refractivity contribution in [2.75, 3.05) is 31.4 Å². The molecule has 0 aliphatic carbocycles. The molecule has 0 bridgehead atoms. The van der Waals surface area contributed by atoms with Crippen LogP contribution in [0, 0.1) is 0 Å². The van der Waals surface area contributed by atoms with Gasteiger partial charge in [0, 0.05) is 22.5 Å². The first-order valence-corrected chi connectivity index (χ1v) is 9.80. The van der Waals surface area contributed by atoms with Crippen molar-refractivity contribution in [1.82, 2.24) is 9.62 Å². The normalized spacial score (nSPS) is 11.9. The van der Waals surface area contributed by atoms with Crippen LogP contribution in [0.25, 0.3) is 0 Å². The molecule has 8 heteroatoms. The number of para-hydroxylation sites is 1. The average molecular weight is 443 g/mol. The van der Waals surface area contributed by atoms with E-state index < -0.39 is 10.2 Å². The fourth-order valence-electron chi connectivity index (χ4n) is 1.65. The first kappa shape index (κ1) is 18.9. The Hall–Kier alpha value is -0.150. The number of anilines is 1. The minimum atomic E-state index is -3.56. The lowest BCUT2D eigenvalue weighted by molar-refractivity contribution is 0.458. The summed E-state index contributed by atoms with van der Waals surface area (Å²) in [6.07, 6.45) is 1.85. The molecule has 2 N–H and O–H groups in total. The lowest BCUT2D eigenvalue weighted by atomic mass is 10.3. The maximum Gasteiger partial charge on any atom is 0.301 e. The highest BCUT2D eigenvalue weighted by atomic mass is 79.9. The summed E-state index contributed by atoms with van der Waals surface area (Å²) >= 11 is 6.69. The molecule has 0 saturated carbocycles.